The van der Waals surface area contributed by atoms with E-state index in [2.05, 4.69) is 26.3 Å². The number of likely N-dealkylation sites (N-methyl/N-ethyl adjacent to an activating group) is 1. The number of halogens is 2. The minimum Gasteiger partial charge on any atom is -0.479 e. The van der Waals surface area contributed by atoms with Gasteiger partial charge in [0.1, 0.15) is 11.4 Å². The van der Waals surface area contributed by atoms with Crippen molar-refractivity contribution in [3.8, 4) is 11.6 Å². The molecule has 0 spiro atoms. The molecule has 0 fully saturated rings. The average molecular weight is 427 g/mol. The van der Waals surface area contributed by atoms with E-state index in [0.29, 0.717) is 0 Å². The van der Waals surface area contributed by atoms with Crippen molar-refractivity contribution in [3.63, 3.8) is 0 Å². The molecular weight excluding hydrogens is 404 g/mol. The van der Waals surface area contributed by atoms with Gasteiger partial charge in [-0.1, -0.05) is 6.92 Å². The van der Waals surface area contributed by atoms with Crippen molar-refractivity contribution in [3.05, 3.63) is 41.6 Å². The van der Waals surface area contributed by atoms with Gasteiger partial charge in [-0.15, -0.1) is 0 Å². The van der Waals surface area contributed by atoms with E-state index in [9.17, 15) is 17.2 Å². The van der Waals surface area contributed by atoms with Gasteiger partial charge >= 0.3 is 6.61 Å². The van der Waals surface area contributed by atoms with Gasteiger partial charge in [0.05, 0.1) is 12.0 Å². The van der Waals surface area contributed by atoms with Crippen LogP contribution in [-0.4, -0.2) is 51.7 Å². The lowest BCUT2D eigenvalue weighted by atomic mass is 10.1. The van der Waals surface area contributed by atoms with Crippen LogP contribution in [-0.2, 0) is 22.9 Å². The third-order valence-electron chi connectivity index (χ3n) is 4.76. The number of rotatable bonds is 7. The molecule has 10 heteroatoms. The second kappa shape index (κ2) is 8.91. The Morgan fingerprint density at radius 3 is 2.52 bits per heavy atom. The number of sulfonamides is 1. The third-order valence-corrected chi connectivity index (χ3v) is 6.14. The molecule has 158 valence electrons. The second-order valence-electron chi connectivity index (χ2n) is 6.54. The molecule has 1 N–H and O–H groups in total. The van der Waals surface area contributed by atoms with Crippen LogP contribution in [0.5, 0.6) is 11.6 Å². The summed E-state index contributed by atoms with van der Waals surface area (Å²) in [5.74, 6) is 0.0682. The fraction of sp³-hybridized carbons (Fsp3) is 0.421. The first-order valence-corrected chi connectivity index (χ1v) is 10.7. The largest absolute Gasteiger partial charge is 0.479 e. The number of hydrogen-bond acceptors (Lipinski definition) is 6. The molecule has 29 heavy (non-hydrogen) atoms. The molecular formula is C19H23F2N3O4S. The van der Waals surface area contributed by atoms with Crippen molar-refractivity contribution >= 4 is 15.7 Å². The Labute approximate surface area is 168 Å². The Bertz CT molecular complexity index is 953. The molecule has 0 atom stereocenters. The SMILES string of the molecule is CCN1CCc2cc(NS(=O)(=O)c3ccc(OC(F)F)cc3)c(OC)nc2CC1. The number of nitrogens with zero attached hydrogens (tertiary/aromatic N) is 2. The van der Waals surface area contributed by atoms with Gasteiger partial charge in [0.25, 0.3) is 10.0 Å². The Morgan fingerprint density at radius 1 is 1.21 bits per heavy atom. The first-order chi connectivity index (χ1) is 13.8. The fourth-order valence-electron chi connectivity index (χ4n) is 3.21. The maximum absolute atomic E-state index is 12.7. The normalized spacial score (nSPS) is 14.9. The summed E-state index contributed by atoms with van der Waals surface area (Å²) in [4.78, 5) is 6.72. The van der Waals surface area contributed by atoms with E-state index >= 15 is 0 Å². The number of methoxy groups -OCH3 is 1. The number of fused-ring (bicyclic) bond motifs is 1. The zero-order valence-corrected chi connectivity index (χ0v) is 17.0. The van der Waals surface area contributed by atoms with Gasteiger partial charge in [-0.25, -0.2) is 13.4 Å². The average Bonchev–Trinajstić information content (AvgIpc) is 2.88. The minimum absolute atomic E-state index is 0.0896. The van der Waals surface area contributed by atoms with E-state index in [1.165, 1.54) is 31.4 Å². The zero-order valence-electron chi connectivity index (χ0n) is 16.2. The van der Waals surface area contributed by atoms with Crippen molar-refractivity contribution in [2.24, 2.45) is 0 Å². The van der Waals surface area contributed by atoms with E-state index in [4.69, 9.17) is 4.74 Å². The third kappa shape index (κ3) is 5.13. The number of pyridine rings is 1. The van der Waals surface area contributed by atoms with Crippen LogP contribution in [0.3, 0.4) is 0 Å². The van der Waals surface area contributed by atoms with Crippen molar-refractivity contribution in [2.75, 3.05) is 31.5 Å². The monoisotopic (exact) mass is 427 g/mol. The molecule has 0 radical (unpaired) electrons. The Morgan fingerprint density at radius 2 is 1.90 bits per heavy atom. The molecule has 0 aliphatic carbocycles. The fourth-order valence-corrected chi connectivity index (χ4v) is 4.26. The summed E-state index contributed by atoms with van der Waals surface area (Å²) < 4.78 is 62.1. The summed E-state index contributed by atoms with van der Waals surface area (Å²) >= 11 is 0. The summed E-state index contributed by atoms with van der Waals surface area (Å²) in [7, 11) is -2.54. The second-order valence-corrected chi connectivity index (χ2v) is 8.22. The smallest absolute Gasteiger partial charge is 0.387 e. The summed E-state index contributed by atoms with van der Waals surface area (Å²) in [6.07, 6.45) is 1.52. The van der Waals surface area contributed by atoms with Crippen LogP contribution in [0.25, 0.3) is 0 Å². The van der Waals surface area contributed by atoms with E-state index < -0.39 is 16.6 Å². The van der Waals surface area contributed by atoms with Crippen LogP contribution < -0.4 is 14.2 Å². The maximum Gasteiger partial charge on any atom is 0.387 e. The highest BCUT2D eigenvalue weighted by Gasteiger charge is 2.22. The van der Waals surface area contributed by atoms with E-state index in [-0.39, 0.29) is 22.2 Å². The van der Waals surface area contributed by atoms with Crippen LogP contribution in [0.4, 0.5) is 14.5 Å². The van der Waals surface area contributed by atoms with Gasteiger partial charge < -0.3 is 14.4 Å². The van der Waals surface area contributed by atoms with Crippen molar-refractivity contribution in [1.29, 1.82) is 0 Å². The van der Waals surface area contributed by atoms with E-state index in [1.54, 1.807) is 6.07 Å². The lowest BCUT2D eigenvalue weighted by Gasteiger charge is -2.16. The molecule has 0 saturated heterocycles. The van der Waals surface area contributed by atoms with Crippen LogP contribution in [0.15, 0.2) is 35.2 Å². The summed E-state index contributed by atoms with van der Waals surface area (Å²) in [6.45, 7) is 1.82. The highest BCUT2D eigenvalue weighted by atomic mass is 32.2. The Kier molecular flexibility index (Phi) is 6.53. The van der Waals surface area contributed by atoms with Crippen LogP contribution in [0, 0.1) is 0 Å². The molecule has 1 aliphatic heterocycles. The van der Waals surface area contributed by atoms with Crippen LogP contribution >= 0.6 is 0 Å². The first-order valence-electron chi connectivity index (χ1n) is 9.19. The van der Waals surface area contributed by atoms with Crippen LogP contribution in [0.1, 0.15) is 18.2 Å². The molecule has 2 aromatic rings. The zero-order chi connectivity index (χ0) is 21.0. The van der Waals surface area contributed by atoms with Crippen LogP contribution in [0.2, 0.25) is 0 Å². The van der Waals surface area contributed by atoms with Gasteiger partial charge in [-0.05, 0) is 48.9 Å². The maximum atomic E-state index is 12.7. The van der Waals surface area contributed by atoms with Gasteiger partial charge in [0.2, 0.25) is 5.88 Å². The lowest BCUT2D eigenvalue weighted by Crippen LogP contribution is -2.25. The van der Waals surface area contributed by atoms with Gasteiger partial charge in [-0.2, -0.15) is 8.78 Å². The van der Waals surface area contributed by atoms with E-state index in [0.717, 1.165) is 43.7 Å². The van der Waals surface area contributed by atoms with Gasteiger partial charge in [0, 0.05) is 25.2 Å². The molecule has 1 aliphatic rings. The molecule has 3 rings (SSSR count). The highest BCUT2D eigenvalue weighted by Crippen LogP contribution is 2.29. The first kappa shape index (κ1) is 21.3. The molecule has 7 nitrogen and oxygen atoms in total. The van der Waals surface area contributed by atoms with E-state index in [1.807, 2.05) is 0 Å². The number of hydrogen-bond donors (Lipinski definition) is 1. The number of aromatic nitrogens is 1. The van der Waals surface area contributed by atoms with Gasteiger partial charge in [-0.3, -0.25) is 4.72 Å². The Balaban J connectivity index is 1.86. The molecule has 0 bridgehead atoms. The minimum atomic E-state index is -3.97. The van der Waals surface area contributed by atoms with Crippen molar-refractivity contribution < 1.29 is 26.7 Å². The summed E-state index contributed by atoms with van der Waals surface area (Å²) in [5, 5.41) is 0. The summed E-state index contributed by atoms with van der Waals surface area (Å²) in [5.41, 5.74) is 2.11. The molecule has 0 amide bonds. The number of alkyl halides is 2. The summed E-state index contributed by atoms with van der Waals surface area (Å²) in [6, 6.07) is 6.50. The topological polar surface area (TPSA) is 80.8 Å². The van der Waals surface area contributed by atoms with Gasteiger partial charge in [0.15, 0.2) is 0 Å². The lowest BCUT2D eigenvalue weighted by molar-refractivity contribution is -0.0498. The number of nitrogens with one attached hydrogen (secondary N) is 1. The number of ether oxygens (including phenoxy) is 2. The molecule has 1 aromatic heterocycles. The molecule has 0 unspecified atom stereocenters. The molecule has 0 saturated carbocycles. The Hall–Kier alpha value is -2.46. The number of anilines is 1. The number of benzene rings is 1. The highest BCUT2D eigenvalue weighted by molar-refractivity contribution is 7.92. The predicted molar refractivity (Wildman–Crippen MR) is 104 cm³/mol. The van der Waals surface area contributed by atoms with Crippen molar-refractivity contribution in [1.82, 2.24) is 9.88 Å². The predicted octanol–water partition coefficient (Wildman–Crippen LogP) is 2.91. The molecule has 1 aromatic carbocycles. The standard InChI is InChI=1S/C19H23F2N3O4S/c1-3-24-10-8-13-12-17(18(27-2)22-16(13)9-11-24)23-29(25,26)15-6-4-14(5-7-15)28-19(20)21/h4-7,12,19,23H,3,8-11H2,1-2H3. The van der Waals surface area contributed by atoms with Crippen molar-refractivity contribution in [2.45, 2.75) is 31.3 Å². The molecule has 2 heterocycles. The quantitative estimate of drug-likeness (QED) is 0.732.